The highest BCUT2D eigenvalue weighted by atomic mass is 79.9. The lowest BCUT2D eigenvalue weighted by atomic mass is 9.91. The van der Waals surface area contributed by atoms with Crippen molar-refractivity contribution < 1.29 is 14.3 Å². The van der Waals surface area contributed by atoms with Crippen molar-refractivity contribution in [2.45, 2.75) is 39.3 Å². The smallest absolute Gasteiger partial charge is 0.338 e. The van der Waals surface area contributed by atoms with Gasteiger partial charge in [0.1, 0.15) is 12.4 Å². The molecule has 1 atom stereocenters. The Bertz CT molecular complexity index is 2140. The number of fused-ring (bicyclic) bond motifs is 1. The molecule has 0 amide bonds. The number of nitrogens with zero attached hydrogens (tertiary/aromatic N) is 2. The monoisotopic (exact) mass is 726 g/mol. The van der Waals surface area contributed by atoms with Crippen LogP contribution >= 0.6 is 38.9 Å². The zero-order valence-electron chi connectivity index (χ0n) is 26.1. The topological polar surface area (TPSA) is 69.9 Å². The molecule has 9 heteroatoms. The number of hydrogen-bond donors (Lipinski definition) is 0. The van der Waals surface area contributed by atoms with Crippen molar-refractivity contribution in [1.29, 1.82) is 0 Å². The van der Waals surface area contributed by atoms with Gasteiger partial charge >= 0.3 is 5.97 Å². The largest absolute Gasteiger partial charge is 0.488 e. The second-order valence-electron chi connectivity index (χ2n) is 11.4. The second-order valence-corrected chi connectivity index (χ2v) is 13.7. The molecule has 1 aromatic heterocycles. The molecule has 0 aliphatic carbocycles. The van der Waals surface area contributed by atoms with Crippen molar-refractivity contribution in [2.24, 2.45) is 4.99 Å². The molecule has 0 radical (unpaired) electrons. The van der Waals surface area contributed by atoms with Gasteiger partial charge in [0.2, 0.25) is 0 Å². The van der Waals surface area contributed by atoms with Gasteiger partial charge < -0.3 is 9.47 Å². The Balaban J connectivity index is 1.53. The van der Waals surface area contributed by atoms with E-state index in [1.165, 1.54) is 11.3 Å². The standard InChI is InChI=1S/C38H32BrClN2O4S/c1-4-45-37(44)33-34(26-8-6-5-7-9-26)41-38-42(35(33)27-14-12-25(13-15-27)23(2)3)36(43)32(47-38)21-28-20-30(40)18-19-31(28)46-22-24-10-16-29(39)17-11-24/h5-21,23,35H,4,22H2,1-3H3/b32-21-/t35-/m1/s1. The second kappa shape index (κ2) is 14.3. The highest BCUT2D eigenvalue weighted by Gasteiger charge is 2.35. The molecule has 0 saturated heterocycles. The minimum Gasteiger partial charge on any atom is -0.488 e. The number of hydrogen-bond acceptors (Lipinski definition) is 6. The minimum absolute atomic E-state index is 0.186. The first-order valence-corrected chi connectivity index (χ1v) is 17.3. The van der Waals surface area contributed by atoms with E-state index in [2.05, 4.69) is 29.8 Å². The van der Waals surface area contributed by atoms with Gasteiger partial charge in [-0.05, 0) is 65.9 Å². The zero-order valence-corrected chi connectivity index (χ0v) is 29.2. The number of carbonyl (C=O) groups is 1. The van der Waals surface area contributed by atoms with Crippen molar-refractivity contribution in [3.63, 3.8) is 0 Å². The number of rotatable bonds is 9. The SMILES string of the molecule is CCOC(=O)C1=C(c2ccccc2)N=c2s/c(=C\c3cc(Cl)ccc3OCc3ccc(Br)cc3)c(=O)n2[C@@H]1c1ccc(C(C)C)cc1. The molecule has 2 heterocycles. The first-order valence-electron chi connectivity index (χ1n) is 15.3. The fraction of sp³-hybridized carbons (Fsp3) is 0.184. The summed E-state index contributed by atoms with van der Waals surface area (Å²) in [6.45, 7) is 6.55. The van der Waals surface area contributed by atoms with Crippen LogP contribution < -0.4 is 19.6 Å². The Morgan fingerprint density at radius 2 is 1.74 bits per heavy atom. The van der Waals surface area contributed by atoms with E-state index in [-0.39, 0.29) is 12.2 Å². The molecule has 0 saturated carbocycles. The van der Waals surface area contributed by atoms with E-state index in [4.69, 9.17) is 26.1 Å². The molecular weight excluding hydrogens is 696 g/mol. The summed E-state index contributed by atoms with van der Waals surface area (Å²) in [7, 11) is 0. The first kappa shape index (κ1) is 32.7. The third-order valence-corrected chi connectivity index (χ3v) is 9.61. The van der Waals surface area contributed by atoms with Gasteiger partial charge in [0.15, 0.2) is 4.80 Å². The maximum absolute atomic E-state index is 14.4. The maximum Gasteiger partial charge on any atom is 0.338 e. The lowest BCUT2D eigenvalue weighted by Gasteiger charge is -2.26. The van der Waals surface area contributed by atoms with Crippen LogP contribution in [0, 0.1) is 0 Å². The Hall–Kier alpha value is -4.24. The predicted molar refractivity (Wildman–Crippen MR) is 192 cm³/mol. The molecule has 1 aliphatic heterocycles. The molecular formula is C38H32BrClN2O4S. The van der Waals surface area contributed by atoms with E-state index in [1.54, 1.807) is 35.8 Å². The number of carbonyl (C=O) groups excluding carboxylic acids is 1. The average Bonchev–Trinajstić information content (AvgIpc) is 3.38. The van der Waals surface area contributed by atoms with Crippen molar-refractivity contribution >= 4 is 56.6 Å². The fourth-order valence-electron chi connectivity index (χ4n) is 5.47. The van der Waals surface area contributed by atoms with Gasteiger partial charge in [-0.2, -0.15) is 0 Å². The highest BCUT2D eigenvalue weighted by Crippen LogP contribution is 2.36. The predicted octanol–water partition coefficient (Wildman–Crippen LogP) is 8.05. The average molecular weight is 728 g/mol. The summed E-state index contributed by atoms with van der Waals surface area (Å²) >= 11 is 11.2. The summed E-state index contributed by atoms with van der Waals surface area (Å²) in [5.41, 5.74) is 4.88. The maximum atomic E-state index is 14.4. The summed E-state index contributed by atoms with van der Waals surface area (Å²) in [5.74, 6) is 0.394. The number of benzene rings is 4. The zero-order chi connectivity index (χ0) is 33.1. The van der Waals surface area contributed by atoms with Crippen LogP contribution in [0.3, 0.4) is 0 Å². The lowest BCUT2D eigenvalue weighted by Crippen LogP contribution is -2.40. The van der Waals surface area contributed by atoms with Crippen LogP contribution in [0.15, 0.2) is 117 Å². The Kier molecular flexibility index (Phi) is 9.92. The van der Waals surface area contributed by atoms with Gasteiger partial charge in [-0.1, -0.05) is 119 Å². The van der Waals surface area contributed by atoms with Gasteiger partial charge in [0.25, 0.3) is 5.56 Å². The third kappa shape index (κ3) is 7.05. The van der Waals surface area contributed by atoms with Gasteiger partial charge in [-0.25, -0.2) is 9.79 Å². The summed E-state index contributed by atoms with van der Waals surface area (Å²) in [5, 5.41) is 0.513. The molecule has 238 valence electrons. The van der Waals surface area contributed by atoms with Crippen molar-refractivity contribution in [1.82, 2.24) is 4.57 Å². The van der Waals surface area contributed by atoms with Gasteiger partial charge in [0, 0.05) is 20.6 Å². The Morgan fingerprint density at radius 3 is 2.43 bits per heavy atom. The Morgan fingerprint density at radius 1 is 1.02 bits per heavy atom. The summed E-state index contributed by atoms with van der Waals surface area (Å²) in [4.78, 5) is 33.6. The van der Waals surface area contributed by atoms with Crippen LogP contribution in [0.2, 0.25) is 5.02 Å². The van der Waals surface area contributed by atoms with Crippen LogP contribution in [-0.2, 0) is 16.1 Å². The molecule has 6 nitrogen and oxygen atoms in total. The number of halogens is 2. The highest BCUT2D eigenvalue weighted by molar-refractivity contribution is 9.10. The van der Waals surface area contributed by atoms with Crippen LogP contribution in [0.1, 0.15) is 60.5 Å². The Labute approximate surface area is 290 Å². The molecule has 0 spiro atoms. The third-order valence-electron chi connectivity index (χ3n) is 7.86. The molecule has 0 fully saturated rings. The van der Waals surface area contributed by atoms with E-state index in [0.717, 1.165) is 26.7 Å². The van der Waals surface area contributed by atoms with E-state index in [9.17, 15) is 9.59 Å². The minimum atomic E-state index is -0.753. The van der Waals surface area contributed by atoms with Crippen LogP contribution in [0.25, 0.3) is 11.8 Å². The summed E-state index contributed by atoms with van der Waals surface area (Å²) in [6.07, 6.45) is 1.78. The van der Waals surface area contributed by atoms with Crippen molar-refractivity contribution in [3.8, 4) is 5.75 Å². The summed E-state index contributed by atoms with van der Waals surface area (Å²) in [6, 6.07) is 30.1. The number of esters is 1. The van der Waals surface area contributed by atoms with Gasteiger partial charge in [0.05, 0.1) is 28.5 Å². The molecule has 4 aromatic carbocycles. The quantitative estimate of drug-likeness (QED) is 0.144. The molecule has 5 aromatic rings. The molecule has 1 aliphatic rings. The van der Waals surface area contributed by atoms with Crippen LogP contribution in [-0.4, -0.2) is 17.1 Å². The van der Waals surface area contributed by atoms with Gasteiger partial charge in [-0.3, -0.25) is 9.36 Å². The molecule has 6 rings (SSSR count). The molecule has 0 unspecified atom stereocenters. The van der Waals surface area contributed by atoms with E-state index in [0.29, 0.717) is 49.5 Å². The molecule has 0 bridgehead atoms. The van der Waals surface area contributed by atoms with E-state index in [1.807, 2.05) is 78.9 Å². The first-order chi connectivity index (χ1) is 22.7. The summed E-state index contributed by atoms with van der Waals surface area (Å²) < 4.78 is 14.8. The van der Waals surface area contributed by atoms with Crippen molar-refractivity contribution in [3.05, 3.63) is 160 Å². The molecule has 0 N–H and O–H groups in total. The normalized spacial score (nSPS) is 14.6. The lowest BCUT2D eigenvalue weighted by molar-refractivity contribution is -0.138. The number of aromatic nitrogens is 1. The van der Waals surface area contributed by atoms with Gasteiger partial charge in [-0.15, -0.1) is 0 Å². The van der Waals surface area contributed by atoms with Crippen LogP contribution in [0.4, 0.5) is 0 Å². The fourth-order valence-corrected chi connectivity index (χ4v) is 6.90. The molecule has 47 heavy (non-hydrogen) atoms. The number of ether oxygens (including phenoxy) is 2. The number of thiazole rings is 1. The van der Waals surface area contributed by atoms with E-state index < -0.39 is 12.0 Å². The van der Waals surface area contributed by atoms with E-state index >= 15 is 0 Å². The van der Waals surface area contributed by atoms with Crippen molar-refractivity contribution in [2.75, 3.05) is 6.61 Å². The van der Waals surface area contributed by atoms with Crippen LogP contribution in [0.5, 0.6) is 5.75 Å².